The highest BCUT2D eigenvalue weighted by molar-refractivity contribution is 5.58. The maximum absolute atomic E-state index is 5.15. The molecule has 6 nitrogen and oxygen atoms in total. The Morgan fingerprint density at radius 3 is 2.75 bits per heavy atom. The Bertz CT molecular complexity index is 657. The molecule has 0 amide bonds. The van der Waals surface area contributed by atoms with E-state index in [-0.39, 0.29) is 0 Å². The summed E-state index contributed by atoms with van der Waals surface area (Å²) in [6.45, 7) is 3.71. The van der Waals surface area contributed by atoms with Crippen LogP contribution in [0.4, 0.5) is 5.69 Å². The minimum Gasteiger partial charge on any atom is -0.423 e. The monoisotopic (exact) mass is 269 g/mol. The van der Waals surface area contributed by atoms with E-state index in [2.05, 4.69) is 27.5 Å². The number of benzene rings is 1. The Labute approximate surface area is 116 Å². The molecule has 0 fully saturated rings. The van der Waals surface area contributed by atoms with Gasteiger partial charge in [-0.15, -0.1) is 10.2 Å². The minimum absolute atomic E-state index is 0.528. The highest BCUT2D eigenvalue weighted by Crippen LogP contribution is 2.19. The largest absolute Gasteiger partial charge is 0.423 e. The summed E-state index contributed by atoms with van der Waals surface area (Å²) < 4.78 is 7.06. The zero-order valence-electron chi connectivity index (χ0n) is 11.2. The molecule has 0 aliphatic heterocycles. The second kappa shape index (κ2) is 5.56. The summed E-state index contributed by atoms with van der Waals surface area (Å²) in [6.07, 6.45) is 5.25. The van der Waals surface area contributed by atoms with Crippen LogP contribution in [0.3, 0.4) is 0 Å². The summed E-state index contributed by atoms with van der Waals surface area (Å²) in [5.74, 6) is 0.528. The van der Waals surface area contributed by atoms with Crippen molar-refractivity contribution in [2.45, 2.75) is 20.0 Å². The summed E-state index contributed by atoms with van der Waals surface area (Å²) in [6, 6.07) is 7.88. The molecule has 3 rings (SSSR count). The van der Waals surface area contributed by atoms with Crippen molar-refractivity contribution in [3.05, 3.63) is 48.6 Å². The minimum atomic E-state index is 0.528. The van der Waals surface area contributed by atoms with Crippen LogP contribution in [0.2, 0.25) is 0 Å². The molecule has 0 unspecified atom stereocenters. The molecule has 1 N–H and O–H groups in total. The van der Waals surface area contributed by atoms with Crippen LogP contribution in [0.5, 0.6) is 0 Å². The molecule has 2 heterocycles. The molecule has 0 bridgehead atoms. The molecule has 3 aromatic rings. The van der Waals surface area contributed by atoms with Crippen LogP contribution < -0.4 is 5.32 Å². The summed E-state index contributed by atoms with van der Waals surface area (Å²) in [5.41, 5.74) is 3.11. The molecule has 20 heavy (non-hydrogen) atoms. The lowest BCUT2D eigenvalue weighted by Gasteiger charge is -2.05. The van der Waals surface area contributed by atoms with Crippen molar-refractivity contribution in [1.29, 1.82) is 0 Å². The van der Waals surface area contributed by atoms with Crippen molar-refractivity contribution in [3.63, 3.8) is 0 Å². The Hall–Kier alpha value is -2.63. The molecular weight excluding hydrogens is 254 g/mol. The van der Waals surface area contributed by atoms with Crippen molar-refractivity contribution in [3.8, 4) is 11.5 Å². The Morgan fingerprint density at radius 2 is 2.10 bits per heavy atom. The normalized spacial score (nSPS) is 10.7. The van der Waals surface area contributed by atoms with Gasteiger partial charge < -0.3 is 9.73 Å². The van der Waals surface area contributed by atoms with Crippen molar-refractivity contribution in [2.75, 3.05) is 5.32 Å². The molecule has 0 atom stereocenters. The third kappa shape index (κ3) is 2.69. The van der Waals surface area contributed by atoms with E-state index in [1.807, 2.05) is 41.3 Å². The summed E-state index contributed by atoms with van der Waals surface area (Å²) in [4.78, 5) is 0. The van der Waals surface area contributed by atoms with Gasteiger partial charge in [0.2, 0.25) is 12.3 Å². The molecule has 0 spiro atoms. The first-order valence-electron chi connectivity index (χ1n) is 6.47. The van der Waals surface area contributed by atoms with Crippen molar-refractivity contribution in [2.24, 2.45) is 0 Å². The average molecular weight is 269 g/mol. The lowest BCUT2D eigenvalue weighted by molar-refractivity contribution is 0.568. The number of hydrogen-bond acceptors (Lipinski definition) is 5. The second-order valence-electron chi connectivity index (χ2n) is 4.38. The summed E-state index contributed by atoms with van der Waals surface area (Å²) in [7, 11) is 0. The standard InChI is InChI=1S/C14H15N5O/c1-2-19-9-11(8-17-19)7-15-13-5-3-12(4-6-13)14-18-16-10-20-14/h3-6,8-10,15H,2,7H2,1H3. The molecule has 0 aliphatic carbocycles. The molecule has 0 aliphatic rings. The van der Waals surface area contributed by atoms with E-state index in [0.717, 1.165) is 29.9 Å². The zero-order valence-corrected chi connectivity index (χ0v) is 11.2. The first-order chi connectivity index (χ1) is 9.85. The fourth-order valence-electron chi connectivity index (χ4n) is 1.90. The van der Waals surface area contributed by atoms with Crippen LogP contribution in [0, 0.1) is 0 Å². The molecule has 6 heteroatoms. The highest BCUT2D eigenvalue weighted by Gasteiger charge is 2.03. The van der Waals surface area contributed by atoms with E-state index >= 15 is 0 Å². The van der Waals surface area contributed by atoms with Gasteiger partial charge in [-0.05, 0) is 31.2 Å². The third-order valence-corrected chi connectivity index (χ3v) is 3.00. The zero-order chi connectivity index (χ0) is 13.8. The topological polar surface area (TPSA) is 68.8 Å². The van der Waals surface area contributed by atoms with E-state index in [1.165, 1.54) is 6.39 Å². The highest BCUT2D eigenvalue weighted by atomic mass is 16.4. The first-order valence-corrected chi connectivity index (χ1v) is 6.47. The lowest BCUT2D eigenvalue weighted by atomic mass is 10.2. The number of aryl methyl sites for hydroxylation is 1. The number of nitrogens with one attached hydrogen (secondary N) is 1. The number of aromatic nitrogens is 4. The van der Waals surface area contributed by atoms with Gasteiger partial charge >= 0.3 is 0 Å². The van der Waals surface area contributed by atoms with E-state index in [1.54, 1.807) is 0 Å². The Kier molecular flexibility index (Phi) is 3.45. The molecule has 0 radical (unpaired) electrons. The van der Waals surface area contributed by atoms with Gasteiger partial charge in [-0.3, -0.25) is 4.68 Å². The SMILES string of the molecule is CCn1cc(CNc2ccc(-c3nnco3)cc2)cn1. The van der Waals surface area contributed by atoms with Gasteiger partial charge in [0.1, 0.15) is 0 Å². The van der Waals surface area contributed by atoms with E-state index in [4.69, 9.17) is 4.42 Å². The summed E-state index contributed by atoms with van der Waals surface area (Å²) >= 11 is 0. The quantitative estimate of drug-likeness (QED) is 0.771. The van der Waals surface area contributed by atoms with Crippen molar-refractivity contribution >= 4 is 5.69 Å². The van der Waals surface area contributed by atoms with Crippen LogP contribution in [-0.4, -0.2) is 20.0 Å². The smallest absolute Gasteiger partial charge is 0.247 e. The Morgan fingerprint density at radius 1 is 1.25 bits per heavy atom. The van der Waals surface area contributed by atoms with E-state index in [0.29, 0.717) is 5.89 Å². The first kappa shape index (κ1) is 12.4. The number of hydrogen-bond donors (Lipinski definition) is 1. The van der Waals surface area contributed by atoms with Crippen LogP contribution in [0.15, 0.2) is 47.5 Å². The second-order valence-corrected chi connectivity index (χ2v) is 4.38. The van der Waals surface area contributed by atoms with Gasteiger partial charge in [-0.2, -0.15) is 5.10 Å². The number of nitrogens with zero attached hydrogens (tertiary/aromatic N) is 4. The van der Waals surface area contributed by atoms with Crippen LogP contribution >= 0.6 is 0 Å². The Balaban J connectivity index is 1.63. The van der Waals surface area contributed by atoms with E-state index < -0.39 is 0 Å². The molecule has 0 saturated heterocycles. The van der Waals surface area contributed by atoms with Crippen LogP contribution in [-0.2, 0) is 13.1 Å². The maximum atomic E-state index is 5.15. The van der Waals surface area contributed by atoms with Gasteiger partial charge in [0.05, 0.1) is 6.20 Å². The van der Waals surface area contributed by atoms with E-state index in [9.17, 15) is 0 Å². The fourth-order valence-corrected chi connectivity index (χ4v) is 1.90. The number of rotatable bonds is 5. The third-order valence-electron chi connectivity index (χ3n) is 3.00. The fraction of sp³-hybridized carbons (Fsp3) is 0.214. The van der Waals surface area contributed by atoms with Gasteiger partial charge in [0, 0.05) is 36.1 Å². The average Bonchev–Trinajstić information content (AvgIpc) is 3.17. The van der Waals surface area contributed by atoms with Crippen LogP contribution in [0.25, 0.3) is 11.5 Å². The van der Waals surface area contributed by atoms with Gasteiger partial charge in [0.25, 0.3) is 0 Å². The van der Waals surface area contributed by atoms with Gasteiger partial charge in [0.15, 0.2) is 0 Å². The van der Waals surface area contributed by atoms with Gasteiger partial charge in [-0.25, -0.2) is 0 Å². The molecular formula is C14H15N5O. The molecule has 0 saturated carbocycles. The molecule has 102 valence electrons. The molecule has 1 aromatic carbocycles. The van der Waals surface area contributed by atoms with Crippen LogP contribution in [0.1, 0.15) is 12.5 Å². The predicted molar refractivity (Wildman–Crippen MR) is 75.0 cm³/mol. The summed E-state index contributed by atoms with van der Waals surface area (Å²) in [5, 5.41) is 15.1. The van der Waals surface area contributed by atoms with Crippen molar-refractivity contribution < 1.29 is 4.42 Å². The predicted octanol–water partition coefficient (Wildman–Crippen LogP) is 2.57. The lowest BCUT2D eigenvalue weighted by Crippen LogP contribution is -1.98. The molecule has 2 aromatic heterocycles. The van der Waals surface area contributed by atoms with Gasteiger partial charge in [-0.1, -0.05) is 0 Å². The maximum Gasteiger partial charge on any atom is 0.247 e. The van der Waals surface area contributed by atoms with Crippen molar-refractivity contribution in [1.82, 2.24) is 20.0 Å². The number of anilines is 1.